The van der Waals surface area contributed by atoms with Gasteiger partial charge in [-0.3, -0.25) is 4.90 Å². The van der Waals surface area contributed by atoms with E-state index in [1.165, 1.54) is 96.3 Å². The van der Waals surface area contributed by atoms with Crippen LogP contribution >= 0.6 is 0 Å². The van der Waals surface area contributed by atoms with Crippen molar-refractivity contribution in [2.75, 3.05) is 33.2 Å². The van der Waals surface area contributed by atoms with Gasteiger partial charge in [0, 0.05) is 13.1 Å². The van der Waals surface area contributed by atoms with Gasteiger partial charge < -0.3 is 14.2 Å². The molecule has 2 atom stereocenters. The third-order valence-electron chi connectivity index (χ3n) is 10.1. The van der Waals surface area contributed by atoms with Crippen LogP contribution in [0.5, 0.6) is 0 Å². The molecule has 254 valence electrons. The summed E-state index contributed by atoms with van der Waals surface area (Å²) in [5.41, 5.74) is 0. The van der Waals surface area contributed by atoms with Gasteiger partial charge in [0.2, 0.25) is 0 Å². The first kappa shape index (κ1) is 42.3. The van der Waals surface area contributed by atoms with Gasteiger partial charge in [-0.05, 0) is 75.7 Å². The van der Waals surface area contributed by atoms with Gasteiger partial charge in [-0.15, -0.1) is 0 Å². The van der Waals surface area contributed by atoms with Crippen LogP contribution in [0.3, 0.4) is 0 Å². The maximum Gasteiger partial charge on any atom is 0.192 e. The Morgan fingerprint density at radius 3 is 1.26 bits per heavy atom. The van der Waals surface area contributed by atoms with Gasteiger partial charge in [0.15, 0.2) is 16.6 Å². The summed E-state index contributed by atoms with van der Waals surface area (Å²) in [4.78, 5) is 2.74. The second kappa shape index (κ2) is 21.9. The van der Waals surface area contributed by atoms with Crippen molar-refractivity contribution in [3.05, 3.63) is 0 Å². The van der Waals surface area contributed by atoms with Crippen molar-refractivity contribution < 1.29 is 8.85 Å². The second-order valence-electron chi connectivity index (χ2n) is 16.3. The van der Waals surface area contributed by atoms with Crippen molar-refractivity contribution >= 4 is 16.6 Å². The van der Waals surface area contributed by atoms with E-state index in [1.54, 1.807) is 0 Å². The predicted octanol–water partition coefficient (Wildman–Crippen LogP) is 11.2. The third-order valence-corrected chi connectivity index (χ3v) is 19.2. The molecule has 6 heteroatoms. The molecule has 2 unspecified atom stereocenters. The first-order valence-corrected chi connectivity index (χ1v) is 24.0. The molecule has 0 rings (SSSR count). The van der Waals surface area contributed by atoms with Gasteiger partial charge in [-0.2, -0.15) is 0 Å². The zero-order valence-corrected chi connectivity index (χ0v) is 33.4. The average molecular weight is 629 g/mol. The Bertz CT molecular complexity index is 593. The first-order valence-electron chi connectivity index (χ1n) is 18.2. The summed E-state index contributed by atoms with van der Waals surface area (Å²) in [7, 11) is -1.64. The highest BCUT2D eigenvalue weighted by atomic mass is 28.4. The number of hydrogen-bond donors (Lipinski definition) is 1. The predicted molar refractivity (Wildman–Crippen MR) is 195 cm³/mol. The number of nitrogens with one attached hydrogen (secondary N) is 1. The summed E-state index contributed by atoms with van der Waals surface area (Å²) >= 11 is 0. The van der Waals surface area contributed by atoms with E-state index in [4.69, 9.17) is 8.85 Å². The Morgan fingerprint density at radius 1 is 0.571 bits per heavy atom. The normalized spacial score (nSPS) is 15.0. The van der Waals surface area contributed by atoms with Crippen LogP contribution in [0.25, 0.3) is 0 Å². The summed E-state index contributed by atoms with van der Waals surface area (Å²) in [6, 6.07) is 0. The minimum atomic E-state index is -1.86. The van der Waals surface area contributed by atoms with Crippen LogP contribution in [0.2, 0.25) is 36.3 Å². The Kier molecular flexibility index (Phi) is 22.1. The second-order valence-corrected chi connectivity index (χ2v) is 25.8. The molecule has 0 aromatic rings. The SMILES string of the molecule is CCCCCCCCC(CN(CCCNC)CC(CCCCCCCC)O[Si](C)(C)C(C)(C)C)O[Si](C)(C)C(C)(C)C. The summed E-state index contributed by atoms with van der Waals surface area (Å²) < 4.78 is 14.4. The summed E-state index contributed by atoms with van der Waals surface area (Å²) in [5, 5.41) is 3.85. The van der Waals surface area contributed by atoms with Crippen LogP contribution in [-0.2, 0) is 8.85 Å². The molecule has 0 fully saturated rings. The van der Waals surface area contributed by atoms with Crippen LogP contribution in [0.4, 0.5) is 0 Å². The van der Waals surface area contributed by atoms with E-state index in [0.29, 0.717) is 12.2 Å². The molecule has 0 aromatic heterocycles. The molecule has 0 aliphatic carbocycles. The maximum atomic E-state index is 7.19. The molecule has 0 heterocycles. The molecule has 42 heavy (non-hydrogen) atoms. The average Bonchev–Trinajstić information content (AvgIpc) is 2.86. The van der Waals surface area contributed by atoms with Gasteiger partial charge >= 0.3 is 0 Å². The third kappa shape index (κ3) is 18.9. The van der Waals surface area contributed by atoms with E-state index in [-0.39, 0.29) is 10.1 Å². The fourth-order valence-corrected chi connectivity index (χ4v) is 7.94. The largest absolute Gasteiger partial charge is 0.413 e. The number of unbranched alkanes of at least 4 members (excludes halogenated alkanes) is 10. The Morgan fingerprint density at radius 2 is 0.929 bits per heavy atom. The van der Waals surface area contributed by atoms with E-state index in [2.05, 4.69) is 98.8 Å². The van der Waals surface area contributed by atoms with E-state index in [9.17, 15) is 0 Å². The number of hydrogen-bond acceptors (Lipinski definition) is 4. The standard InChI is InChI=1S/C36H80N2O2Si2/c1-14-16-18-20-22-24-27-33(39-41(10,11)35(3,4)5)31-38(30-26-29-37-9)32-34(28-25-23-21-19-17-15-2)40-42(12,13)36(6,7)8/h33-34,37H,14-32H2,1-13H3. The molecular weight excluding hydrogens is 549 g/mol. The molecule has 0 saturated heterocycles. The van der Waals surface area contributed by atoms with E-state index in [1.807, 2.05) is 0 Å². The first-order chi connectivity index (χ1) is 19.5. The number of rotatable bonds is 26. The molecule has 0 aliphatic rings. The van der Waals surface area contributed by atoms with Crippen LogP contribution in [0.15, 0.2) is 0 Å². The zero-order valence-electron chi connectivity index (χ0n) is 31.4. The van der Waals surface area contributed by atoms with E-state index >= 15 is 0 Å². The summed E-state index contributed by atoms with van der Waals surface area (Å²) in [5.74, 6) is 0. The molecule has 1 N–H and O–H groups in total. The Balaban J connectivity index is 5.80. The molecule has 0 radical (unpaired) electrons. The fraction of sp³-hybridized carbons (Fsp3) is 1.00. The highest BCUT2D eigenvalue weighted by Gasteiger charge is 2.41. The lowest BCUT2D eigenvalue weighted by molar-refractivity contribution is 0.0682. The van der Waals surface area contributed by atoms with Crippen molar-refractivity contribution in [2.24, 2.45) is 0 Å². The molecule has 0 amide bonds. The highest BCUT2D eigenvalue weighted by Crippen LogP contribution is 2.39. The lowest BCUT2D eigenvalue weighted by Gasteiger charge is -2.42. The van der Waals surface area contributed by atoms with Crippen molar-refractivity contribution in [1.82, 2.24) is 10.2 Å². The minimum Gasteiger partial charge on any atom is -0.413 e. The smallest absolute Gasteiger partial charge is 0.192 e. The monoisotopic (exact) mass is 629 g/mol. The van der Waals surface area contributed by atoms with Crippen LogP contribution in [-0.4, -0.2) is 67.0 Å². The number of nitrogens with zero attached hydrogens (tertiary/aromatic N) is 1. The van der Waals surface area contributed by atoms with Gasteiger partial charge in [-0.1, -0.05) is 132 Å². The van der Waals surface area contributed by atoms with Crippen molar-refractivity contribution in [3.8, 4) is 0 Å². The van der Waals surface area contributed by atoms with Gasteiger partial charge in [0.05, 0.1) is 12.2 Å². The highest BCUT2D eigenvalue weighted by molar-refractivity contribution is 6.74. The maximum absolute atomic E-state index is 7.19. The molecule has 0 aliphatic heterocycles. The van der Waals surface area contributed by atoms with Crippen LogP contribution < -0.4 is 5.32 Å². The molecule has 0 aromatic carbocycles. The fourth-order valence-electron chi connectivity index (χ4n) is 5.18. The molecule has 0 spiro atoms. The van der Waals surface area contributed by atoms with Crippen molar-refractivity contribution in [1.29, 1.82) is 0 Å². The minimum absolute atomic E-state index is 0.231. The van der Waals surface area contributed by atoms with Gasteiger partial charge in [0.25, 0.3) is 0 Å². The lowest BCUT2D eigenvalue weighted by Crippen LogP contribution is -2.50. The summed E-state index contributed by atoms with van der Waals surface area (Å²) in [6.07, 6.45) is 20.3. The Labute approximate surface area is 268 Å². The topological polar surface area (TPSA) is 33.7 Å². The molecule has 0 bridgehead atoms. The Hall–Kier alpha value is 0.274. The zero-order chi connectivity index (χ0) is 32.3. The van der Waals surface area contributed by atoms with Crippen LogP contribution in [0.1, 0.15) is 152 Å². The summed E-state index contributed by atoms with van der Waals surface area (Å²) in [6.45, 7) is 32.9. The van der Waals surface area contributed by atoms with E-state index in [0.717, 1.165) is 26.2 Å². The lowest BCUT2D eigenvalue weighted by atomic mass is 10.1. The van der Waals surface area contributed by atoms with Gasteiger partial charge in [-0.25, -0.2) is 0 Å². The molecule has 0 saturated carbocycles. The van der Waals surface area contributed by atoms with Crippen molar-refractivity contribution in [3.63, 3.8) is 0 Å². The van der Waals surface area contributed by atoms with Crippen LogP contribution in [0, 0.1) is 0 Å². The van der Waals surface area contributed by atoms with Crippen molar-refractivity contribution in [2.45, 2.75) is 200 Å². The molecule has 4 nitrogen and oxygen atoms in total. The van der Waals surface area contributed by atoms with E-state index < -0.39 is 16.6 Å². The molecular formula is C36H80N2O2Si2. The van der Waals surface area contributed by atoms with Gasteiger partial charge in [0.1, 0.15) is 0 Å². The quantitative estimate of drug-likeness (QED) is 0.0763.